The zero-order valence-corrected chi connectivity index (χ0v) is 9.67. The molecule has 1 aromatic heterocycles. The average Bonchev–Trinajstić information content (AvgIpc) is 2.69. The summed E-state index contributed by atoms with van der Waals surface area (Å²) in [6.45, 7) is 0.567. The van der Waals surface area contributed by atoms with Crippen molar-refractivity contribution in [3.05, 3.63) is 57.2 Å². The lowest BCUT2D eigenvalue weighted by Crippen LogP contribution is -2.02. The van der Waals surface area contributed by atoms with E-state index in [1.54, 1.807) is 0 Å². The third kappa shape index (κ3) is 2.82. The SMILES string of the molecule is O=[N+]([O-])c1nn(CCc2ccccc2)cc1Cl. The van der Waals surface area contributed by atoms with Gasteiger partial charge in [-0.25, -0.2) is 0 Å². The summed E-state index contributed by atoms with van der Waals surface area (Å²) in [6.07, 6.45) is 2.23. The summed E-state index contributed by atoms with van der Waals surface area (Å²) >= 11 is 5.70. The Morgan fingerprint density at radius 2 is 2.06 bits per heavy atom. The molecule has 0 atom stereocenters. The molecule has 0 saturated heterocycles. The molecule has 17 heavy (non-hydrogen) atoms. The van der Waals surface area contributed by atoms with Crippen molar-refractivity contribution in [2.24, 2.45) is 0 Å². The Labute approximate surface area is 103 Å². The van der Waals surface area contributed by atoms with E-state index >= 15 is 0 Å². The highest BCUT2D eigenvalue weighted by Gasteiger charge is 2.18. The van der Waals surface area contributed by atoms with Crippen molar-refractivity contribution in [1.29, 1.82) is 0 Å². The lowest BCUT2D eigenvalue weighted by Gasteiger charge is -1.98. The molecular weight excluding hydrogens is 242 g/mol. The molecular formula is C11H10ClN3O2. The van der Waals surface area contributed by atoms with Crippen LogP contribution in [0.4, 0.5) is 5.82 Å². The zero-order valence-electron chi connectivity index (χ0n) is 8.91. The fraction of sp³-hybridized carbons (Fsp3) is 0.182. The van der Waals surface area contributed by atoms with Crippen molar-refractivity contribution in [1.82, 2.24) is 9.78 Å². The van der Waals surface area contributed by atoms with Crippen molar-refractivity contribution < 1.29 is 4.92 Å². The molecule has 0 fully saturated rings. The number of halogens is 1. The Kier molecular flexibility index (Phi) is 3.39. The number of hydrogen-bond acceptors (Lipinski definition) is 3. The fourth-order valence-electron chi connectivity index (χ4n) is 1.51. The largest absolute Gasteiger partial charge is 0.408 e. The Morgan fingerprint density at radius 1 is 1.35 bits per heavy atom. The van der Waals surface area contributed by atoms with E-state index in [1.807, 2.05) is 30.3 Å². The van der Waals surface area contributed by atoms with Gasteiger partial charge in [-0.1, -0.05) is 41.9 Å². The van der Waals surface area contributed by atoms with Crippen molar-refractivity contribution in [2.45, 2.75) is 13.0 Å². The topological polar surface area (TPSA) is 61.0 Å². The van der Waals surface area contributed by atoms with Crippen molar-refractivity contribution >= 4 is 17.4 Å². The van der Waals surface area contributed by atoms with Crippen molar-refractivity contribution in [3.63, 3.8) is 0 Å². The van der Waals surface area contributed by atoms with Crippen LogP contribution < -0.4 is 0 Å². The van der Waals surface area contributed by atoms with E-state index in [0.717, 1.165) is 12.0 Å². The minimum absolute atomic E-state index is 0.0723. The lowest BCUT2D eigenvalue weighted by molar-refractivity contribution is -0.389. The Balaban J connectivity index is 2.05. The molecule has 2 rings (SSSR count). The van der Waals surface area contributed by atoms with Crippen LogP contribution >= 0.6 is 11.6 Å². The minimum Gasteiger partial charge on any atom is -0.358 e. The summed E-state index contributed by atoms with van der Waals surface area (Å²) in [5.74, 6) is -0.292. The number of rotatable bonds is 4. The van der Waals surface area contributed by atoms with Gasteiger partial charge in [0, 0.05) is 0 Å². The van der Waals surface area contributed by atoms with Crippen molar-refractivity contribution in [2.75, 3.05) is 0 Å². The lowest BCUT2D eigenvalue weighted by atomic mass is 10.2. The van der Waals surface area contributed by atoms with E-state index in [-0.39, 0.29) is 10.8 Å². The van der Waals surface area contributed by atoms with E-state index < -0.39 is 4.92 Å². The van der Waals surface area contributed by atoms with Crippen LogP contribution in [0.2, 0.25) is 5.02 Å². The Bertz CT molecular complexity index is 525. The number of hydrogen-bond donors (Lipinski definition) is 0. The van der Waals surface area contributed by atoms with Crippen LogP contribution in [0.25, 0.3) is 0 Å². The van der Waals surface area contributed by atoms with Crippen LogP contribution in [0.15, 0.2) is 36.5 Å². The predicted molar refractivity (Wildman–Crippen MR) is 64.0 cm³/mol. The van der Waals surface area contributed by atoms with Crippen LogP contribution in [0.5, 0.6) is 0 Å². The molecule has 6 heteroatoms. The second kappa shape index (κ2) is 4.97. The molecule has 88 valence electrons. The van der Waals surface area contributed by atoms with Crippen LogP contribution in [0.1, 0.15) is 5.56 Å². The first-order valence-electron chi connectivity index (χ1n) is 5.08. The maximum atomic E-state index is 10.6. The van der Waals surface area contributed by atoms with Gasteiger partial charge in [0.25, 0.3) is 0 Å². The summed E-state index contributed by atoms with van der Waals surface area (Å²) in [5.41, 5.74) is 1.15. The van der Waals surface area contributed by atoms with Crippen LogP contribution in [-0.4, -0.2) is 14.7 Å². The fourth-order valence-corrected chi connectivity index (χ4v) is 1.73. The molecule has 0 saturated carbocycles. The van der Waals surface area contributed by atoms with Crippen LogP contribution in [0.3, 0.4) is 0 Å². The van der Waals surface area contributed by atoms with Gasteiger partial charge in [-0.2, -0.15) is 4.68 Å². The van der Waals surface area contributed by atoms with Crippen LogP contribution in [-0.2, 0) is 13.0 Å². The molecule has 0 bridgehead atoms. The molecule has 0 radical (unpaired) electrons. The smallest absolute Gasteiger partial charge is 0.358 e. The number of nitrogens with zero attached hydrogens (tertiary/aromatic N) is 3. The van der Waals surface area contributed by atoms with E-state index in [9.17, 15) is 10.1 Å². The van der Waals surface area contributed by atoms with E-state index in [2.05, 4.69) is 5.10 Å². The molecule has 0 aliphatic rings. The third-order valence-corrected chi connectivity index (χ3v) is 2.61. The predicted octanol–water partition coefficient (Wildman–Crippen LogP) is 2.69. The highest BCUT2D eigenvalue weighted by Crippen LogP contribution is 2.21. The Morgan fingerprint density at radius 3 is 2.65 bits per heavy atom. The summed E-state index contributed by atoms with van der Waals surface area (Å²) in [4.78, 5) is 9.97. The second-order valence-corrected chi connectivity index (χ2v) is 3.96. The molecule has 1 aromatic carbocycles. The zero-order chi connectivity index (χ0) is 12.3. The standard InChI is InChI=1S/C11H10ClN3O2/c12-10-8-14(13-11(10)15(16)17)7-6-9-4-2-1-3-5-9/h1-5,8H,6-7H2. The average molecular weight is 252 g/mol. The van der Waals surface area contributed by atoms with Crippen molar-refractivity contribution in [3.8, 4) is 0 Å². The molecule has 0 N–H and O–H groups in total. The number of aryl methyl sites for hydroxylation is 2. The van der Waals surface area contributed by atoms with Gasteiger partial charge in [0.05, 0.1) is 17.8 Å². The maximum absolute atomic E-state index is 10.6. The molecule has 0 spiro atoms. The quantitative estimate of drug-likeness (QED) is 0.620. The van der Waals surface area contributed by atoms with Gasteiger partial charge in [-0.15, -0.1) is 0 Å². The van der Waals surface area contributed by atoms with Gasteiger partial charge in [0.1, 0.15) is 0 Å². The van der Waals surface area contributed by atoms with Crippen LogP contribution in [0, 0.1) is 10.1 Å². The Hall–Kier alpha value is -1.88. The van der Waals surface area contributed by atoms with E-state index in [4.69, 9.17) is 11.6 Å². The summed E-state index contributed by atoms with van der Waals surface area (Å²) < 4.78 is 1.49. The minimum atomic E-state index is -0.582. The van der Waals surface area contributed by atoms with Gasteiger partial charge < -0.3 is 10.1 Å². The van der Waals surface area contributed by atoms with E-state index in [1.165, 1.54) is 10.9 Å². The molecule has 5 nitrogen and oxygen atoms in total. The highest BCUT2D eigenvalue weighted by atomic mass is 35.5. The number of benzene rings is 1. The summed E-state index contributed by atoms with van der Waals surface area (Å²) in [6, 6.07) is 9.85. The first kappa shape index (κ1) is 11.6. The molecule has 1 heterocycles. The molecule has 0 amide bonds. The monoisotopic (exact) mass is 251 g/mol. The molecule has 0 aliphatic heterocycles. The van der Waals surface area contributed by atoms with E-state index in [0.29, 0.717) is 6.54 Å². The van der Waals surface area contributed by atoms with Gasteiger partial charge in [0.2, 0.25) is 0 Å². The highest BCUT2D eigenvalue weighted by molar-refractivity contribution is 6.32. The second-order valence-electron chi connectivity index (χ2n) is 3.56. The summed E-state index contributed by atoms with van der Waals surface area (Å²) in [7, 11) is 0. The van der Waals surface area contributed by atoms with Gasteiger partial charge in [-0.3, -0.25) is 0 Å². The van der Waals surface area contributed by atoms with Gasteiger partial charge >= 0.3 is 5.82 Å². The maximum Gasteiger partial charge on any atom is 0.408 e. The summed E-state index contributed by atoms with van der Waals surface area (Å²) in [5, 5.41) is 14.4. The molecule has 0 unspecified atom stereocenters. The molecule has 2 aromatic rings. The first-order chi connectivity index (χ1) is 8.16. The number of aromatic nitrogens is 2. The third-order valence-electron chi connectivity index (χ3n) is 2.34. The van der Waals surface area contributed by atoms with Gasteiger partial charge in [-0.05, 0) is 16.9 Å². The first-order valence-corrected chi connectivity index (χ1v) is 5.46. The normalized spacial score (nSPS) is 10.4. The van der Waals surface area contributed by atoms with Gasteiger partial charge in [0.15, 0.2) is 5.02 Å². The molecule has 0 aliphatic carbocycles. The number of nitro groups is 1.